The van der Waals surface area contributed by atoms with Crippen LogP contribution in [0.2, 0.25) is 0 Å². The van der Waals surface area contributed by atoms with Crippen LogP contribution in [-0.2, 0) is 11.2 Å². The van der Waals surface area contributed by atoms with Crippen LogP contribution in [0.3, 0.4) is 0 Å². The summed E-state index contributed by atoms with van der Waals surface area (Å²) >= 11 is 13.6. The number of hydrogen-bond donors (Lipinski definition) is 2. The maximum absolute atomic E-state index is 13.1. The fourth-order valence-electron chi connectivity index (χ4n) is 3.15. The number of methoxy groups -OCH3 is 1. The number of ether oxygens (including phenoxy) is 1. The van der Waals surface area contributed by atoms with Crippen molar-refractivity contribution < 1.29 is 14.3 Å². The number of halogens is 2. The lowest BCUT2D eigenvalue weighted by molar-refractivity contribution is -0.120. The minimum atomic E-state index is -1.07. The van der Waals surface area contributed by atoms with Crippen molar-refractivity contribution in [2.75, 3.05) is 17.7 Å². The predicted octanol–water partition coefficient (Wildman–Crippen LogP) is 5.40. The second kappa shape index (κ2) is 7.58. The number of para-hydroxylation sites is 2. The number of hydrogen-bond acceptors (Lipinski definition) is 4. The van der Waals surface area contributed by atoms with E-state index in [1.165, 1.54) is 11.3 Å². The number of aryl methyl sites for hydroxylation is 1. The Labute approximate surface area is 178 Å². The van der Waals surface area contributed by atoms with E-state index in [2.05, 4.69) is 10.6 Å². The Balaban J connectivity index is 1.91. The number of carbonyl (C=O) groups is 2. The number of nitrogens with one attached hydrogen (secondary N) is 2. The van der Waals surface area contributed by atoms with Crippen LogP contribution in [-0.4, -0.2) is 23.3 Å². The van der Waals surface area contributed by atoms with E-state index in [1.54, 1.807) is 26.2 Å². The van der Waals surface area contributed by atoms with Gasteiger partial charge in [0.1, 0.15) is 15.1 Å². The summed E-state index contributed by atoms with van der Waals surface area (Å²) in [5.74, 6) is -0.0244. The number of thiophene rings is 1. The lowest BCUT2D eigenvalue weighted by Gasteiger charge is -2.14. The van der Waals surface area contributed by atoms with Gasteiger partial charge >= 0.3 is 0 Å². The van der Waals surface area contributed by atoms with Gasteiger partial charge in [-0.15, -0.1) is 34.5 Å². The molecule has 0 radical (unpaired) electrons. The van der Waals surface area contributed by atoms with E-state index in [1.807, 2.05) is 26.0 Å². The minimum Gasteiger partial charge on any atom is -0.495 e. The number of carbonyl (C=O) groups excluding carboxylic acids is 2. The van der Waals surface area contributed by atoms with Gasteiger partial charge < -0.3 is 15.4 Å². The molecule has 5 nitrogen and oxygen atoms in total. The van der Waals surface area contributed by atoms with E-state index in [9.17, 15) is 9.59 Å². The fourth-order valence-corrected chi connectivity index (χ4v) is 5.00. The molecule has 1 saturated carbocycles. The summed E-state index contributed by atoms with van der Waals surface area (Å²) in [6, 6.07) is 7.18. The Kier molecular flexibility index (Phi) is 5.67. The Bertz CT molecular complexity index is 942. The summed E-state index contributed by atoms with van der Waals surface area (Å²) in [5, 5.41) is 6.27. The minimum absolute atomic E-state index is 0.284. The van der Waals surface area contributed by atoms with Crippen molar-refractivity contribution in [1.29, 1.82) is 0 Å². The lowest BCUT2D eigenvalue weighted by Crippen LogP contribution is -2.27. The zero-order chi connectivity index (χ0) is 20.7. The van der Waals surface area contributed by atoms with Gasteiger partial charge in [-0.25, -0.2) is 0 Å². The molecule has 2 N–H and O–H groups in total. The summed E-state index contributed by atoms with van der Waals surface area (Å²) in [6.07, 6.45) is 1.04. The second-order valence-corrected chi connectivity index (χ2v) is 9.73. The van der Waals surface area contributed by atoms with Crippen molar-refractivity contribution in [1.82, 2.24) is 0 Å². The van der Waals surface area contributed by atoms with Gasteiger partial charge in [-0.05, 0) is 44.4 Å². The molecule has 28 heavy (non-hydrogen) atoms. The van der Waals surface area contributed by atoms with Gasteiger partial charge in [0.15, 0.2) is 0 Å². The van der Waals surface area contributed by atoms with Crippen LogP contribution >= 0.6 is 34.5 Å². The summed E-state index contributed by atoms with van der Waals surface area (Å²) in [4.78, 5) is 26.8. The molecule has 150 valence electrons. The van der Waals surface area contributed by atoms with Gasteiger partial charge in [-0.2, -0.15) is 0 Å². The number of anilines is 2. The van der Waals surface area contributed by atoms with Gasteiger partial charge in [0.2, 0.25) is 5.91 Å². The Morgan fingerprint density at radius 2 is 1.89 bits per heavy atom. The first kappa shape index (κ1) is 21.0. The molecule has 1 atom stereocenters. The third kappa shape index (κ3) is 3.61. The van der Waals surface area contributed by atoms with Crippen molar-refractivity contribution in [3.63, 3.8) is 0 Å². The second-order valence-electron chi connectivity index (χ2n) is 7.02. The molecule has 2 aromatic rings. The third-order valence-corrected chi connectivity index (χ3v) is 7.30. The summed E-state index contributed by atoms with van der Waals surface area (Å²) in [5.41, 5.74) is 1.06. The Morgan fingerprint density at radius 1 is 1.25 bits per heavy atom. The molecule has 1 aliphatic rings. The smallest absolute Gasteiger partial charge is 0.259 e. The SMILES string of the molecule is CCc1c(C)sc(NC(=O)[C@@]2(C)CC2(Cl)Cl)c1C(=O)Nc1ccccc1OC. The third-order valence-electron chi connectivity index (χ3n) is 5.13. The number of benzene rings is 1. The molecule has 1 heterocycles. The van der Waals surface area contributed by atoms with E-state index in [0.29, 0.717) is 34.8 Å². The molecule has 0 unspecified atom stereocenters. The zero-order valence-electron chi connectivity index (χ0n) is 16.1. The molecule has 0 saturated heterocycles. The molecule has 8 heteroatoms. The largest absolute Gasteiger partial charge is 0.495 e. The van der Waals surface area contributed by atoms with Crippen LogP contribution in [0.5, 0.6) is 5.75 Å². The standard InChI is InChI=1S/C20H22Cl2N2O3S/c1-5-12-11(2)28-17(24-18(26)19(3)10-20(19,21)22)15(12)16(25)23-13-8-6-7-9-14(13)27-4/h6-9H,5,10H2,1-4H3,(H,23,25)(H,24,26)/t19-/m1/s1. The van der Waals surface area contributed by atoms with Gasteiger partial charge in [-0.1, -0.05) is 19.1 Å². The van der Waals surface area contributed by atoms with Crippen LogP contribution in [0.15, 0.2) is 24.3 Å². The van der Waals surface area contributed by atoms with Crippen molar-refractivity contribution in [3.05, 3.63) is 40.3 Å². The number of rotatable bonds is 6. The Hall–Kier alpha value is -1.76. The molecule has 1 aromatic carbocycles. The molecule has 1 aromatic heterocycles. The van der Waals surface area contributed by atoms with Crippen molar-refractivity contribution in [3.8, 4) is 5.75 Å². The lowest BCUT2D eigenvalue weighted by atomic mass is 10.1. The number of amides is 2. The van der Waals surface area contributed by atoms with Gasteiger partial charge in [0, 0.05) is 4.88 Å². The normalized spacial score (nSPS) is 19.8. The monoisotopic (exact) mass is 440 g/mol. The van der Waals surface area contributed by atoms with Gasteiger partial charge in [0.25, 0.3) is 5.91 Å². The number of alkyl halides is 2. The first-order chi connectivity index (χ1) is 13.1. The predicted molar refractivity (Wildman–Crippen MR) is 115 cm³/mol. The van der Waals surface area contributed by atoms with E-state index in [0.717, 1.165) is 10.4 Å². The first-order valence-electron chi connectivity index (χ1n) is 8.90. The molecule has 3 rings (SSSR count). The fraction of sp³-hybridized carbons (Fsp3) is 0.400. The Morgan fingerprint density at radius 3 is 2.46 bits per heavy atom. The highest BCUT2D eigenvalue weighted by Gasteiger charge is 2.68. The van der Waals surface area contributed by atoms with E-state index in [-0.39, 0.29) is 11.8 Å². The zero-order valence-corrected chi connectivity index (χ0v) is 18.4. The van der Waals surface area contributed by atoms with Crippen LogP contribution < -0.4 is 15.4 Å². The van der Waals surface area contributed by atoms with Crippen molar-refractivity contribution >= 4 is 57.0 Å². The van der Waals surface area contributed by atoms with Crippen molar-refractivity contribution in [2.45, 2.75) is 37.9 Å². The molecule has 0 aliphatic heterocycles. The van der Waals surface area contributed by atoms with E-state index < -0.39 is 9.75 Å². The highest BCUT2D eigenvalue weighted by Crippen LogP contribution is 2.64. The van der Waals surface area contributed by atoms with E-state index in [4.69, 9.17) is 27.9 Å². The van der Waals surface area contributed by atoms with Gasteiger partial charge in [-0.3, -0.25) is 9.59 Å². The van der Waals surface area contributed by atoms with Crippen LogP contribution in [0, 0.1) is 12.3 Å². The quantitative estimate of drug-likeness (QED) is 0.590. The van der Waals surface area contributed by atoms with Gasteiger partial charge in [0.05, 0.1) is 23.8 Å². The average molecular weight is 441 g/mol. The average Bonchev–Trinajstić information content (AvgIpc) is 3.01. The molecule has 0 bridgehead atoms. The van der Waals surface area contributed by atoms with Crippen LogP contribution in [0.25, 0.3) is 0 Å². The van der Waals surface area contributed by atoms with E-state index >= 15 is 0 Å². The molecule has 0 spiro atoms. The molecule has 1 aliphatic carbocycles. The maximum atomic E-state index is 13.1. The summed E-state index contributed by atoms with van der Waals surface area (Å²) < 4.78 is 4.23. The highest BCUT2D eigenvalue weighted by molar-refractivity contribution is 7.16. The molecular formula is C20H22Cl2N2O3S. The molecule has 2 amide bonds. The van der Waals surface area contributed by atoms with Crippen LogP contribution in [0.4, 0.5) is 10.7 Å². The van der Waals surface area contributed by atoms with Crippen LogP contribution in [0.1, 0.15) is 41.1 Å². The molecular weight excluding hydrogens is 419 g/mol. The summed E-state index contributed by atoms with van der Waals surface area (Å²) in [6.45, 7) is 5.63. The topological polar surface area (TPSA) is 67.4 Å². The summed E-state index contributed by atoms with van der Waals surface area (Å²) in [7, 11) is 1.55. The van der Waals surface area contributed by atoms with Crippen molar-refractivity contribution in [2.24, 2.45) is 5.41 Å². The highest BCUT2D eigenvalue weighted by atomic mass is 35.5. The molecule has 1 fully saturated rings. The maximum Gasteiger partial charge on any atom is 0.259 e. The first-order valence-corrected chi connectivity index (χ1v) is 10.5.